The van der Waals surface area contributed by atoms with Crippen molar-refractivity contribution in [1.29, 1.82) is 5.26 Å². The monoisotopic (exact) mass is 548 g/mol. The maximum Gasteiger partial charge on any atom is 0.308 e. The zero-order valence-corrected chi connectivity index (χ0v) is 23.4. The normalized spacial score (nSPS) is 25.8. The molecule has 39 heavy (non-hydrogen) atoms. The van der Waals surface area contributed by atoms with Crippen molar-refractivity contribution >= 4 is 26.7 Å². The Kier molecular flexibility index (Phi) is 6.23. The third kappa shape index (κ3) is 3.79. The maximum absolute atomic E-state index is 13.8. The third-order valence-corrected chi connectivity index (χ3v) is 10.2. The molecule has 2 unspecified atom stereocenters. The van der Waals surface area contributed by atoms with Crippen LogP contribution < -0.4 is 0 Å². The molecule has 0 bridgehead atoms. The highest BCUT2D eigenvalue weighted by Crippen LogP contribution is 2.51. The van der Waals surface area contributed by atoms with Gasteiger partial charge in [-0.2, -0.15) is 18.0 Å². The molecule has 0 amide bonds. The second kappa shape index (κ2) is 9.38. The van der Waals surface area contributed by atoms with Crippen LogP contribution in [0.1, 0.15) is 25.8 Å². The third-order valence-electron chi connectivity index (χ3n) is 8.37. The first-order valence-corrected chi connectivity index (χ1v) is 14.5. The van der Waals surface area contributed by atoms with E-state index in [1.807, 2.05) is 44.2 Å². The molecule has 0 N–H and O–H groups in total. The van der Waals surface area contributed by atoms with E-state index in [0.29, 0.717) is 37.6 Å². The van der Waals surface area contributed by atoms with E-state index in [0.717, 1.165) is 52.0 Å². The number of nitrogens with zero attached hydrogens (tertiary/aromatic N) is 4. The van der Waals surface area contributed by atoms with Crippen LogP contribution >= 0.6 is 0 Å². The lowest BCUT2D eigenvalue weighted by molar-refractivity contribution is 0.0303. The summed E-state index contributed by atoms with van der Waals surface area (Å²) in [5.74, 6) is 0.101. The van der Waals surface area contributed by atoms with E-state index in [4.69, 9.17) is 14.2 Å². The van der Waals surface area contributed by atoms with Crippen LogP contribution in [0.5, 0.6) is 0 Å². The molecule has 0 radical (unpaired) electrons. The molecule has 6 rings (SSSR count). The molecule has 4 heterocycles. The number of rotatable bonds is 5. The molecule has 3 aliphatic heterocycles. The van der Waals surface area contributed by atoms with Crippen molar-refractivity contribution in [3.05, 3.63) is 76.5 Å². The standard InChI is InChI=1S/C29H32N4O5S/c1-19-27(23(17-30)28-22-15-26(36-3)29(2,37-4)16-20(22)9-10-32(19)28)24-18-33(25-8-6-5-7-21(24)25)39(34,35)31-11-13-38-14-12-31/h5-8,15-16,18,23H,9-14H2,1-4H3. The number of morpholine rings is 1. The average molecular weight is 549 g/mol. The molecule has 0 spiro atoms. The zero-order valence-electron chi connectivity index (χ0n) is 22.6. The summed E-state index contributed by atoms with van der Waals surface area (Å²) in [5.41, 5.74) is 5.47. The lowest BCUT2D eigenvalue weighted by atomic mass is 9.81. The van der Waals surface area contributed by atoms with E-state index >= 15 is 0 Å². The number of para-hydroxylation sites is 1. The van der Waals surface area contributed by atoms with Gasteiger partial charge >= 0.3 is 10.2 Å². The van der Waals surface area contributed by atoms with Crippen molar-refractivity contribution in [2.75, 3.05) is 47.1 Å². The van der Waals surface area contributed by atoms with Gasteiger partial charge in [0.15, 0.2) is 0 Å². The first kappa shape index (κ1) is 25.9. The van der Waals surface area contributed by atoms with Crippen molar-refractivity contribution in [3.8, 4) is 6.07 Å². The van der Waals surface area contributed by atoms with Gasteiger partial charge in [-0.05, 0) is 44.1 Å². The molecule has 0 saturated carbocycles. The fraction of sp³-hybridized carbons (Fsp3) is 0.414. The minimum Gasteiger partial charge on any atom is -0.498 e. The summed E-state index contributed by atoms with van der Waals surface area (Å²) in [6.07, 6.45) is 6.57. The summed E-state index contributed by atoms with van der Waals surface area (Å²) in [5, 5.41) is 11.4. The smallest absolute Gasteiger partial charge is 0.308 e. The number of methoxy groups -OCH3 is 2. The Morgan fingerprint density at radius 1 is 1.15 bits per heavy atom. The number of allylic oxidation sites excluding steroid dienone is 4. The van der Waals surface area contributed by atoms with Gasteiger partial charge in [-0.15, -0.1) is 0 Å². The number of nitriles is 1. The molecule has 1 aromatic heterocycles. The highest BCUT2D eigenvalue weighted by molar-refractivity contribution is 7.87. The van der Waals surface area contributed by atoms with E-state index in [1.165, 1.54) is 8.28 Å². The number of ether oxygens (including phenoxy) is 3. The van der Waals surface area contributed by atoms with Gasteiger partial charge in [0.1, 0.15) is 17.3 Å². The Morgan fingerprint density at radius 3 is 2.59 bits per heavy atom. The van der Waals surface area contributed by atoms with Gasteiger partial charge in [0.2, 0.25) is 0 Å². The summed E-state index contributed by atoms with van der Waals surface area (Å²) in [7, 11) is -0.531. The van der Waals surface area contributed by atoms with Crippen LogP contribution in [0.3, 0.4) is 0 Å². The molecule has 1 aliphatic carbocycles. The molecule has 1 fully saturated rings. The van der Waals surface area contributed by atoms with E-state index in [-0.39, 0.29) is 0 Å². The van der Waals surface area contributed by atoms with Gasteiger partial charge in [0, 0.05) is 66.4 Å². The molecule has 9 nitrogen and oxygen atoms in total. The topological polar surface area (TPSA) is 97.0 Å². The highest BCUT2D eigenvalue weighted by atomic mass is 32.2. The quantitative estimate of drug-likeness (QED) is 0.561. The largest absolute Gasteiger partial charge is 0.498 e. The molecule has 1 aromatic carbocycles. The van der Waals surface area contributed by atoms with Crippen molar-refractivity contribution in [1.82, 2.24) is 13.2 Å². The van der Waals surface area contributed by atoms with E-state index < -0.39 is 21.7 Å². The number of aromatic nitrogens is 1. The van der Waals surface area contributed by atoms with Crippen molar-refractivity contribution in [2.24, 2.45) is 5.92 Å². The summed E-state index contributed by atoms with van der Waals surface area (Å²) < 4.78 is 47.2. The van der Waals surface area contributed by atoms with Gasteiger partial charge < -0.3 is 19.1 Å². The lowest BCUT2D eigenvalue weighted by Crippen LogP contribution is -2.43. The molecule has 2 aromatic rings. The van der Waals surface area contributed by atoms with Crippen LogP contribution in [0.4, 0.5) is 0 Å². The van der Waals surface area contributed by atoms with Crippen LogP contribution in [-0.2, 0) is 24.4 Å². The molecule has 204 valence electrons. The van der Waals surface area contributed by atoms with Crippen molar-refractivity contribution < 1.29 is 22.6 Å². The number of hydrogen-bond acceptors (Lipinski definition) is 7. The van der Waals surface area contributed by atoms with Crippen LogP contribution in [-0.4, -0.2) is 74.3 Å². The fourth-order valence-electron chi connectivity index (χ4n) is 6.30. The van der Waals surface area contributed by atoms with Crippen LogP contribution in [0.15, 0.2) is 70.9 Å². The summed E-state index contributed by atoms with van der Waals surface area (Å²) in [6, 6.07) is 10.0. The van der Waals surface area contributed by atoms with Crippen LogP contribution in [0.2, 0.25) is 0 Å². The molecular weight excluding hydrogens is 516 g/mol. The summed E-state index contributed by atoms with van der Waals surface area (Å²) in [4.78, 5) is 2.21. The Hall–Kier alpha value is -3.36. The number of hydrogen-bond donors (Lipinski definition) is 0. The van der Waals surface area contributed by atoms with Crippen molar-refractivity contribution in [2.45, 2.75) is 25.9 Å². The van der Waals surface area contributed by atoms with E-state index in [1.54, 1.807) is 20.4 Å². The predicted octanol–water partition coefficient (Wildman–Crippen LogP) is 3.79. The van der Waals surface area contributed by atoms with Gasteiger partial charge in [0.25, 0.3) is 0 Å². The second-order valence-electron chi connectivity index (χ2n) is 10.3. The van der Waals surface area contributed by atoms with Gasteiger partial charge in [-0.1, -0.05) is 18.2 Å². The summed E-state index contributed by atoms with van der Waals surface area (Å²) in [6.45, 7) is 6.06. The Labute approximate surface area is 229 Å². The molecular formula is C29H32N4O5S. The number of benzene rings is 1. The number of fused-ring (bicyclic) bond motifs is 3. The highest BCUT2D eigenvalue weighted by Gasteiger charge is 2.44. The minimum atomic E-state index is -3.82. The Bertz CT molecular complexity index is 1630. The average Bonchev–Trinajstić information content (AvgIpc) is 3.48. The first-order valence-electron chi connectivity index (χ1n) is 13.1. The van der Waals surface area contributed by atoms with Gasteiger partial charge in [0.05, 0.1) is 31.9 Å². The van der Waals surface area contributed by atoms with Gasteiger partial charge in [-0.25, -0.2) is 3.97 Å². The van der Waals surface area contributed by atoms with Crippen molar-refractivity contribution in [3.63, 3.8) is 0 Å². The SMILES string of the molecule is COC1=CC2=C3C(C#N)C(c4cn(S(=O)(=O)N5CCOCC5)c5ccccc45)=C(C)N3CCC2=CC1(C)OC. The minimum absolute atomic E-state index is 0.306. The van der Waals surface area contributed by atoms with Crippen LogP contribution in [0.25, 0.3) is 16.5 Å². The predicted molar refractivity (Wildman–Crippen MR) is 147 cm³/mol. The Balaban J connectivity index is 1.53. The fourth-order valence-corrected chi connectivity index (χ4v) is 7.80. The van der Waals surface area contributed by atoms with E-state index in [2.05, 4.69) is 17.0 Å². The Morgan fingerprint density at radius 2 is 1.90 bits per heavy atom. The molecule has 10 heteroatoms. The molecule has 1 saturated heterocycles. The lowest BCUT2D eigenvalue weighted by Gasteiger charge is -2.37. The first-order chi connectivity index (χ1) is 18.7. The molecule has 4 aliphatic rings. The summed E-state index contributed by atoms with van der Waals surface area (Å²) >= 11 is 0. The zero-order chi connectivity index (χ0) is 27.5. The van der Waals surface area contributed by atoms with Gasteiger partial charge in [-0.3, -0.25) is 0 Å². The second-order valence-corrected chi connectivity index (χ2v) is 12.1. The van der Waals surface area contributed by atoms with Crippen LogP contribution in [0, 0.1) is 17.2 Å². The maximum atomic E-state index is 13.8. The van der Waals surface area contributed by atoms with E-state index in [9.17, 15) is 13.7 Å². The molecule has 2 atom stereocenters.